The van der Waals surface area contributed by atoms with Crippen LogP contribution in [0.4, 0.5) is 5.69 Å². The fourth-order valence-electron chi connectivity index (χ4n) is 2.91. The first-order chi connectivity index (χ1) is 12.5. The van der Waals surface area contributed by atoms with Gasteiger partial charge in [0.25, 0.3) is 5.91 Å². The molecule has 0 bridgehead atoms. The van der Waals surface area contributed by atoms with Crippen LogP contribution in [0.25, 0.3) is 0 Å². The number of furan rings is 1. The van der Waals surface area contributed by atoms with Crippen molar-refractivity contribution < 1.29 is 17.6 Å². The molecule has 1 amide bonds. The van der Waals surface area contributed by atoms with E-state index in [9.17, 15) is 13.2 Å². The molecule has 1 aliphatic rings. The molecule has 7 nitrogen and oxygen atoms in total. The van der Waals surface area contributed by atoms with Gasteiger partial charge >= 0.3 is 0 Å². The average molecular weight is 373 g/mol. The van der Waals surface area contributed by atoms with E-state index < -0.39 is 10.0 Å². The van der Waals surface area contributed by atoms with Crippen molar-refractivity contribution in [3.05, 3.63) is 54.0 Å². The summed E-state index contributed by atoms with van der Waals surface area (Å²) in [6.45, 7) is 1.02. The lowest BCUT2D eigenvalue weighted by atomic mass is 10.1. The topological polar surface area (TPSA) is 94.6 Å². The molecule has 2 heterocycles. The monoisotopic (exact) mass is 373 g/mol. The van der Waals surface area contributed by atoms with Crippen molar-refractivity contribution in [3.63, 3.8) is 0 Å². The molecule has 136 valence electrons. The Morgan fingerprint density at radius 2 is 2.04 bits per heavy atom. The van der Waals surface area contributed by atoms with E-state index >= 15 is 0 Å². The molecular weight excluding hydrogens is 354 g/mol. The smallest absolute Gasteiger partial charge is 0.254 e. The Bertz CT molecular complexity index is 899. The summed E-state index contributed by atoms with van der Waals surface area (Å²) in [5.74, 6) is 0.558. The molecular formula is C18H19N3O4S. The Hall–Kier alpha value is -2.79. The number of carbonyl (C=O) groups is 1. The van der Waals surface area contributed by atoms with Gasteiger partial charge in [-0.15, -0.1) is 0 Å². The summed E-state index contributed by atoms with van der Waals surface area (Å²) in [6, 6.07) is 12.1. The first kappa shape index (κ1) is 18.0. The third kappa shape index (κ3) is 3.89. The SMILES string of the molecule is N#CCCN(Cc1ccco1)C(=O)c1ccc(N2CCCS2(=O)=O)cc1. The van der Waals surface area contributed by atoms with E-state index in [1.165, 1.54) is 10.6 Å². The summed E-state index contributed by atoms with van der Waals surface area (Å²) in [7, 11) is -3.25. The van der Waals surface area contributed by atoms with Crippen LogP contribution in [-0.2, 0) is 16.6 Å². The molecule has 1 saturated heterocycles. The first-order valence-electron chi connectivity index (χ1n) is 8.30. The Morgan fingerprint density at radius 3 is 2.62 bits per heavy atom. The van der Waals surface area contributed by atoms with Crippen LogP contribution in [0.3, 0.4) is 0 Å². The Morgan fingerprint density at radius 1 is 1.27 bits per heavy atom. The molecule has 2 aromatic rings. The maximum Gasteiger partial charge on any atom is 0.254 e. The van der Waals surface area contributed by atoms with Crippen LogP contribution in [0.15, 0.2) is 47.1 Å². The molecule has 0 unspecified atom stereocenters. The predicted octanol–water partition coefficient (Wildman–Crippen LogP) is 2.38. The average Bonchev–Trinajstić information content (AvgIpc) is 3.27. The quantitative estimate of drug-likeness (QED) is 0.775. The minimum Gasteiger partial charge on any atom is -0.467 e. The molecule has 0 spiro atoms. The van der Waals surface area contributed by atoms with E-state index in [4.69, 9.17) is 9.68 Å². The maximum atomic E-state index is 12.8. The molecule has 8 heteroatoms. The van der Waals surface area contributed by atoms with E-state index in [1.807, 2.05) is 6.07 Å². The number of nitrogens with zero attached hydrogens (tertiary/aromatic N) is 3. The van der Waals surface area contributed by atoms with Gasteiger partial charge < -0.3 is 9.32 Å². The van der Waals surface area contributed by atoms with E-state index in [0.29, 0.717) is 30.0 Å². The molecule has 3 rings (SSSR count). The van der Waals surface area contributed by atoms with Crippen LogP contribution in [0.1, 0.15) is 29.0 Å². The van der Waals surface area contributed by atoms with Gasteiger partial charge in [-0.3, -0.25) is 9.10 Å². The number of sulfonamides is 1. The fourth-order valence-corrected chi connectivity index (χ4v) is 4.47. The largest absolute Gasteiger partial charge is 0.467 e. The lowest BCUT2D eigenvalue weighted by molar-refractivity contribution is 0.0735. The molecule has 0 saturated carbocycles. The fraction of sp³-hybridized carbons (Fsp3) is 0.333. The molecule has 0 N–H and O–H groups in total. The van der Waals surface area contributed by atoms with E-state index in [-0.39, 0.29) is 31.2 Å². The molecule has 1 fully saturated rings. The van der Waals surface area contributed by atoms with Crippen molar-refractivity contribution in [1.82, 2.24) is 4.90 Å². The summed E-state index contributed by atoms with van der Waals surface area (Å²) < 4.78 is 30.7. The molecule has 26 heavy (non-hydrogen) atoms. The van der Waals surface area contributed by atoms with Crippen molar-refractivity contribution in [3.8, 4) is 6.07 Å². The molecule has 0 atom stereocenters. The first-order valence-corrected chi connectivity index (χ1v) is 9.91. The van der Waals surface area contributed by atoms with Gasteiger partial charge in [0.05, 0.1) is 36.7 Å². The summed E-state index contributed by atoms with van der Waals surface area (Å²) in [4.78, 5) is 14.3. The van der Waals surface area contributed by atoms with Crippen molar-refractivity contribution in [1.29, 1.82) is 5.26 Å². The van der Waals surface area contributed by atoms with Crippen LogP contribution in [0, 0.1) is 11.3 Å². The van der Waals surface area contributed by atoms with Gasteiger partial charge in [-0.25, -0.2) is 8.42 Å². The van der Waals surface area contributed by atoms with Crippen molar-refractivity contribution in [2.45, 2.75) is 19.4 Å². The Balaban J connectivity index is 1.77. The summed E-state index contributed by atoms with van der Waals surface area (Å²) in [5, 5.41) is 8.83. The van der Waals surface area contributed by atoms with Crippen LogP contribution in [-0.4, -0.2) is 38.1 Å². The predicted molar refractivity (Wildman–Crippen MR) is 95.9 cm³/mol. The number of carbonyl (C=O) groups excluding carboxylic acids is 1. The number of hydrogen-bond acceptors (Lipinski definition) is 5. The van der Waals surface area contributed by atoms with Crippen LogP contribution in [0.2, 0.25) is 0 Å². The van der Waals surface area contributed by atoms with Gasteiger partial charge in [0.1, 0.15) is 5.76 Å². The van der Waals surface area contributed by atoms with E-state index in [1.54, 1.807) is 41.3 Å². The van der Waals surface area contributed by atoms with E-state index in [2.05, 4.69) is 0 Å². The minimum atomic E-state index is -3.25. The van der Waals surface area contributed by atoms with Gasteiger partial charge in [-0.1, -0.05) is 0 Å². The number of nitriles is 1. The van der Waals surface area contributed by atoms with Gasteiger partial charge in [0, 0.05) is 18.7 Å². The Labute approximate surface area is 152 Å². The summed E-state index contributed by atoms with van der Waals surface area (Å²) in [6.07, 6.45) is 2.36. The van der Waals surface area contributed by atoms with Crippen LogP contribution in [0.5, 0.6) is 0 Å². The highest BCUT2D eigenvalue weighted by molar-refractivity contribution is 7.93. The second kappa shape index (κ2) is 7.62. The maximum absolute atomic E-state index is 12.8. The van der Waals surface area contributed by atoms with E-state index in [0.717, 1.165) is 0 Å². The van der Waals surface area contributed by atoms with Crippen LogP contribution >= 0.6 is 0 Å². The van der Waals surface area contributed by atoms with Gasteiger partial charge in [-0.05, 0) is 42.8 Å². The lowest BCUT2D eigenvalue weighted by Gasteiger charge is -2.21. The van der Waals surface area contributed by atoms with Crippen molar-refractivity contribution >= 4 is 21.6 Å². The third-order valence-corrected chi connectivity index (χ3v) is 6.08. The third-order valence-electron chi connectivity index (χ3n) is 4.21. The number of amides is 1. The zero-order valence-electron chi connectivity index (χ0n) is 14.2. The number of benzene rings is 1. The van der Waals surface area contributed by atoms with Crippen LogP contribution < -0.4 is 4.31 Å². The van der Waals surface area contributed by atoms with Crippen molar-refractivity contribution in [2.24, 2.45) is 0 Å². The molecule has 0 aliphatic carbocycles. The molecule has 1 aromatic carbocycles. The molecule has 1 aliphatic heterocycles. The van der Waals surface area contributed by atoms with Gasteiger partial charge in [0.2, 0.25) is 10.0 Å². The van der Waals surface area contributed by atoms with Gasteiger partial charge in [0.15, 0.2) is 0 Å². The Kier molecular flexibility index (Phi) is 5.28. The van der Waals surface area contributed by atoms with Gasteiger partial charge in [-0.2, -0.15) is 5.26 Å². The minimum absolute atomic E-state index is 0.152. The zero-order valence-corrected chi connectivity index (χ0v) is 15.0. The second-order valence-corrected chi connectivity index (χ2v) is 8.02. The number of rotatable bonds is 6. The highest BCUT2D eigenvalue weighted by Gasteiger charge is 2.28. The summed E-state index contributed by atoms with van der Waals surface area (Å²) in [5.41, 5.74) is 1.00. The lowest BCUT2D eigenvalue weighted by Crippen LogP contribution is -2.31. The molecule has 1 aromatic heterocycles. The normalized spacial score (nSPS) is 15.6. The second-order valence-electron chi connectivity index (χ2n) is 6.00. The highest BCUT2D eigenvalue weighted by Crippen LogP contribution is 2.24. The standard InChI is InChI=1S/C18H19N3O4S/c19-9-2-10-20(14-17-4-1-12-25-17)18(22)15-5-7-16(8-6-15)21-11-3-13-26(21,23)24/h1,4-8,12H,2-3,10-11,13-14H2. The molecule has 0 radical (unpaired) electrons. The van der Waals surface area contributed by atoms with Crippen molar-refractivity contribution in [2.75, 3.05) is 23.1 Å². The summed E-state index contributed by atoms with van der Waals surface area (Å²) >= 11 is 0. The highest BCUT2D eigenvalue weighted by atomic mass is 32.2. The number of anilines is 1. The zero-order chi connectivity index (χ0) is 18.6. The number of hydrogen-bond donors (Lipinski definition) is 0.